The van der Waals surface area contributed by atoms with E-state index in [0.29, 0.717) is 57.3 Å². The van der Waals surface area contributed by atoms with E-state index in [1.165, 1.54) is 34.1 Å². The number of anilines is 2. The quantitative estimate of drug-likeness (QED) is 0.0231. The Hall–Kier alpha value is -7.58. The number of nitrogens with one attached hydrogen (secondary N) is 5. The summed E-state index contributed by atoms with van der Waals surface area (Å²) in [5, 5.41) is 28.8. The molecule has 434 valence electrons. The number of aromatic nitrogens is 5. The van der Waals surface area contributed by atoms with Crippen LogP contribution in [0.4, 0.5) is 24.7 Å². The molecular formula is C56H69F3N12O9S. The van der Waals surface area contributed by atoms with Gasteiger partial charge in [0.15, 0.2) is 11.4 Å². The Bertz CT molecular complexity index is 3050. The smallest absolute Gasteiger partial charge is 0.405 e. The van der Waals surface area contributed by atoms with Gasteiger partial charge in [-0.2, -0.15) is 18.3 Å². The van der Waals surface area contributed by atoms with Crippen LogP contribution in [0.5, 0.6) is 0 Å². The van der Waals surface area contributed by atoms with Gasteiger partial charge in [0.05, 0.1) is 59.0 Å². The van der Waals surface area contributed by atoms with Crippen LogP contribution in [0.3, 0.4) is 0 Å². The van der Waals surface area contributed by atoms with Gasteiger partial charge in [-0.15, -0.1) is 11.3 Å². The van der Waals surface area contributed by atoms with Crippen LogP contribution in [0.25, 0.3) is 27.6 Å². The molecule has 21 nitrogen and oxygen atoms in total. The molecule has 1 aliphatic heterocycles. The summed E-state index contributed by atoms with van der Waals surface area (Å²) in [6, 6.07) is 15.8. The number of carbonyl (C=O) groups excluding carboxylic acids is 5. The summed E-state index contributed by atoms with van der Waals surface area (Å²) in [7, 11) is 0. The molecule has 25 heteroatoms. The number of likely N-dealkylation sites (tertiary alicyclic amines) is 1. The second-order valence-electron chi connectivity index (χ2n) is 20.6. The normalized spacial score (nSPS) is 14.9. The number of hydrogen-bond acceptors (Lipinski definition) is 16. The number of nitrogens with zero attached hydrogens (tertiary/aromatic N) is 6. The number of unbranched alkanes of at least 4 members (excludes halogenated alkanes) is 4. The number of thiazole rings is 1. The summed E-state index contributed by atoms with van der Waals surface area (Å²) in [4.78, 5) is 80.6. The van der Waals surface area contributed by atoms with Crippen LogP contribution < -0.4 is 32.3 Å². The van der Waals surface area contributed by atoms with Crippen molar-refractivity contribution in [3.63, 3.8) is 0 Å². The van der Waals surface area contributed by atoms with E-state index < -0.39 is 48.1 Å². The van der Waals surface area contributed by atoms with Crippen molar-refractivity contribution in [2.75, 3.05) is 63.2 Å². The predicted octanol–water partition coefficient (Wildman–Crippen LogP) is 7.07. The second-order valence-corrected chi connectivity index (χ2v) is 21.4. The average Bonchev–Trinajstić information content (AvgIpc) is 4.30. The molecule has 1 fully saturated rings. The van der Waals surface area contributed by atoms with Crippen molar-refractivity contribution in [2.24, 2.45) is 11.1 Å². The fourth-order valence-electron chi connectivity index (χ4n) is 8.87. The number of aliphatic hydroxyl groups excluding tert-OH is 1. The number of ether oxygens (including phenoxy) is 2. The number of benzene rings is 2. The molecule has 0 spiro atoms. The third-order valence-corrected chi connectivity index (χ3v) is 14.1. The van der Waals surface area contributed by atoms with Gasteiger partial charge in [-0.3, -0.25) is 24.0 Å². The number of amides is 5. The highest BCUT2D eigenvalue weighted by Gasteiger charge is 2.44. The number of nitrogens with two attached hydrogens (primary N) is 1. The van der Waals surface area contributed by atoms with E-state index in [4.69, 9.17) is 19.6 Å². The average molecular weight is 1140 g/mol. The van der Waals surface area contributed by atoms with Crippen LogP contribution in [0.1, 0.15) is 108 Å². The highest BCUT2D eigenvalue weighted by atomic mass is 32.1. The minimum Gasteiger partial charge on any atom is -0.444 e. The van der Waals surface area contributed by atoms with Gasteiger partial charge in [0, 0.05) is 56.6 Å². The lowest BCUT2D eigenvalue weighted by Gasteiger charge is -2.35. The minimum atomic E-state index is -4.46. The van der Waals surface area contributed by atoms with Crippen LogP contribution in [0.2, 0.25) is 0 Å². The number of alkyl halides is 3. The van der Waals surface area contributed by atoms with Crippen LogP contribution >= 0.6 is 11.3 Å². The topological polar surface area (TPSA) is 283 Å². The molecule has 2 aromatic carbocycles. The van der Waals surface area contributed by atoms with E-state index in [1.807, 2.05) is 57.5 Å². The molecular weight excluding hydrogens is 1070 g/mol. The molecule has 3 atom stereocenters. The van der Waals surface area contributed by atoms with Crippen LogP contribution in [0.15, 0.2) is 89.2 Å². The SMILES string of the molecule is Cc1ncsc1-c1ccc(CNC(=O)[C@@H]2C[C@@H](O)CN2C(=O)[C@@H](NCCCCCOCCOCCCCCNC(=O)c2ccc(-n3cc(NC(=O)c4coc(-c5ccnc(NCC(F)(F)F)c5)n4)c(C(N)=O)n3)cc2)C(C)(C)C)cc1. The summed E-state index contributed by atoms with van der Waals surface area (Å²) in [6.45, 7) is 10.2. The zero-order valence-corrected chi connectivity index (χ0v) is 46.5. The summed E-state index contributed by atoms with van der Waals surface area (Å²) >= 11 is 1.58. The first-order valence-electron chi connectivity index (χ1n) is 26.7. The largest absolute Gasteiger partial charge is 0.444 e. The Balaban J connectivity index is 0.724. The van der Waals surface area contributed by atoms with E-state index in [2.05, 4.69) is 46.6 Å². The maximum atomic E-state index is 14.0. The Morgan fingerprint density at radius 2 is 1.57 bits per heavy atom. The minimum absolute atomic E-state index is 0.0330. The van der Waals surface area contributed by atoms with Crippen molar-refractivity contribution in [3.05, 3.63) is 113 Å². The van der Waals surface area contributed by atoms with Crippen molar-refractivity contribution < 1.29 is 56.1 Å². The van der Waals surface area contributed by atoms with Gasteiger partial charge in [0.1, 0.15) is 24.7 Å². The van der Waals surface area contributed by atoms with Gasteiger partial charge >= 0.3 is 6.18 Å². The van der Waals surface area contributed by atoms with Crippen molar-refractivity contribution in [2.45, 2.75) is 104 Å². The number of β-amino-alcohol motifs (C(OH)–C–C–N with tert-alkyl or cyclic N) is 1. The fourth-order valence-corrected chi connectivity index (χ4v) is 9.68. The number of aryl methyl sites for hydroxylation is 1. The van der Waals surface area contributed by atoms with Crippen molar-refractivity contribution in [1.29, 1.82) is 0 Å². The Morgan fingerprint density at radius 3 is 2.22 bits per heavy atom. The first-order chi connectivity index (χ1) is 38.7. The van der Waals surface area contributed by atoms with Gasteiger partial charge in [0.2, 0.25) is 17.7 Å². The van der Waals surface area contributed by atoms with Crippen LogP contribution in [0, 0.1) is 12.3 Å². The third-order valence-electron chi connectivity index (χ3n) is 13.1. The maximum Gasteiger partial charge on any atom is 0.405 e. The fraction of sp³-hybridized carbons (Fsp3) is 0.446. The van der Waals surface area contributed by atoms with Crippen molar-refractivity contribution in [3.8, 4) is 27.6 Å². The number of hydrogen-bond donors (Lipinski definition) is 7. The molecule has 6 aromatic rings. The first kappa shape index (κ1) is 61.0. The number of halogens is 3. The Labute approximate surface area is 471 Å². The lowest BCUT2D eigenvalue weighted by molar-refractivity contribution is -0.142. The van der Waals surface area contributed by atoms with Gasteiger partial charge in [-0.05, 0) is 105 Å². The summed E-state index contributed by atoms with van der Waals surface area (Å²) < 4.78 is 56.2. The molecule has 0 saturated carbocycles. The predicted molar refractivity (Wildman–Crippen MR) is 297 cm³/mol. The third kappa shape index (κ3) is 18.0. The highest BCUT2D eigenvalue weighted by molar-refractivity contribution is 7.13. The van der Waals surface area contributed by atoms with Crippen LogP contribution in [-0.2, 0) is 25.6 Å². The number of rotatable bonds is 29. The zero-order chi connectivity index (χ0) is 58.1. The summed E-state index contributed by atoms with van der Waals surface area (Å²) in [6.07, 6.45) is 3.57. The van der Waals surface area contributed by atoms with E-state index in [9.17, 15) is 42.3 Å². The molecule has 7 rings (SSSR count). The van der Waals surface area contributed by atoms with E-state index in [0.717, 1.165) is 66.5 Å². The van der Waals surface area contributed by atoms with Crippen molar-refractivity contribution in [1.82, 2.24) is 45.6 Å². The monoisotopic (exact) mass is 1140 g/mol. The molecule has 8 N–H and O–H groups in total. The molecule has 1 saturated heterocycles. The number of aliphatic hydroxyl groups is 1. The second kappa shape index (κ2) is 28.7. The lowest BCUT2D eigenvalue weighted by Crippen LogP contribution is -2.56. The number of pyridine rings is 1. The van der Waals surface area contributed by atoms with E-state index in [-0.39, 0.29) is 65.0 Å². The van der Waals surface area contributed by atoms with Gasteiger partial charge in [-0.25, -0.2) is 19.6 Å². The summed E-state index contributed by atoms with van der Waals surface area (Å²) in [5.74, 6) is -2.61. The standard InChI is InChI=1S/C56H69F3N12O9S/c1-35-47(81-34-66-35)37-13-11-36(12-14-37)29-64-52(76)44-28-41(72)30-70(44)54(77)48(55(2,3)4)62-20-7-5-9-23-78-25-26-79-24-10-6-8-21-63-50(74)38-15-17-40(18-16-38)71-31-42(46(69-71)49(60)73)67-51(75)43-32-80-53(68-43)39-19-22-61-45(27-39)65-33-56(57,58)59/h11-19,22,27,31-32,34,41,44,48,62,72H,5-10,20-21,23-26,28-30,33H2,1-4H3,(H2,60,73)(H,61,65)(H,63,74)(H,64,76)(H,67,75)/t41-,44+,48-/m1/s1. The molecule has 0 unspecified atom stereocenters. The maximum absolute atomic E-state index is 14.0. The lowest BCUT2D eigenvalue weighted by atomic mass is 9.85. The molecule has 81 heavy (non-hydrogen) atoms. The zero-order valence-electron chi connectivity index (χ0n) is 45.6. The van der Waals surface area contributed by atoms with Crippen molar-refractivity contribution >= 4 is 52.4 Å². The molecule has 5 amide bonds. The number of carbonyl (C=O) groups is 5. The molecule has 0 aliphatic carbocycles. The van der Waals surface area contributed by atoms with Gasteiger partial charge in [-0.1, -0.05) is 45.0 Å². The Morgan fingerprint density at radius 1 is 0.864 bits per heavy atom. The van der Waals surface area contributed by atoms with Gasteiger partial charge in [0.25, 0.3) is 17.7 Å². The number of primary amides is 1. The van der Waals surface area contributed by atoms with E-state index in [1.54, 1.807) is 35.6 Å². The molecule has 5 heterocycles. The molecule has 0 radical (unpaired) electrons. The molecule has 4 aromatic heterocycles. The molecule has 0 bridgehead atoms. The highest BCUT2D eigenvalue weighted by Crippen LogP contribution is 2.29. The first-order valence-corrected chi connectivity index (χ1v) is 27.6. The Kier molecular flexibility index (Phi) is 21.6. The molecule has 1 aliphatic rings. The van der Waals surface area contributed by atoms with E-state index >= 15 is 0 Å². The van der Waals surface area contributed by atoms with Gasteiger partial charge < -0.3 is 56.2 Å². The van der Waals surface area contributed by atoms with Crippen LogP contribution in [-0.4, -0.2) is 141 Å². The number of oxazole rings is 1. The summed E-state index contributed by atoms with van der Waals surface area (Å²) in [5.41, 5.74) is 10.5.